The molecule has 1 heteroatoms. The molecule has 0 radical (unpaired) electrons. The number of hydrogen-bond acceptors (Lipinski definition) is 1. The largest absolute Gasteiger partial charge is 0.378 e. The summed E-state index contributed by atoms with van der Waals surface area (Å²) in [5.41, 5.74) is -0.0842. The van der Waals surface area contributed by atoms with Crippen LogP contribution in [0.15, 0.2) is 73.9 Å². The predicted octanol–water partition coefficient (Wildman–Crippen LogP) is 3.36. The highest BCUT2D eigenvalue weighted by molar-refractivity contribution is 5.52. The summed E-state index contributed by atoms with van der Waals surface area (Å²) in [6.07, 6.45) is 9.96. The maximum absolute atomic E-state index is 10.1. The molecule has 1 unspecified atom stereocenters. The Morgan fingerprint density at radius 2 is 1.75 bits per heavy atom. The number of allylic oxidation sites excluding steroid dienone is 2. The highest BCUT2D eigenvalue weighted by Gasteiger charge is 2.12. The van der Waals surface area contributed by atoms with Crippen molar-refractivity contribution in [2.75, 3.05) is 0 Å². The maximum atomic E-state index is 10.1. The molecule has 0 aliphatic heterocycles. The summed E-state index contributed by atoms with van der Waals surface area (Å²) in [4.78, 5) is 0. The van der Waals surface area contributed by atoms with Crippen molar-refractivity contribution in [3.8, 4) is 0 Å². The van der Waals surface area contributed by atoms with Crippen molar-refractivity contribution in [3.63, 3.8) is 0 Å². The van der Waals surface area contributed by atoms with Crippen molar-refractivity contribution in [3.05, 3.63) is 79.4 Å². The molecule has 1 nitrogen and oxygen atoms in total. The second-order valence-corrected chi connectivity index (χ2v) is 3.43. The summed E-state index contributed by atoms with van der Waals surface area (Å²) in [6.45, 7) is 7.17. The minimum absolute atomic E-state index is 1.04. The van der Waals surface area contributed by atoms with Gasteiger partial charge in [-0.15, -0.1) is 0 Å². The van der Waals surface area contributed by atoms with Gasteiger partial charge in [0.1, 0.15) is 5.60 Å². The first kappa shape index (κ1) is 12.2. The van der Waals surface area contributed by atoms with Gasteiger partial charge in [-0.3, -0.25) is 0 Å². The molecular formula is C15H16O. The Morgan fingerprint density at radius 1 is 1.06 bits per heavy atom. The lowest BCUT2D eigenvalue weighted by molar-refractivity contribution is 0.195. The van der Waals surface area contributed by atoms with E-state index < -0.39 is 5.60 Å². The molecule has 0 aliphatic carbocycles. The van der Waals surface area contributed by atoms with E-state index in [9.17, 15) is 5.11 Å². The number of aliphatic hydroxyl groups is 1. The molecule has 16 heavy (non-hydrogen) atoms. The van der Waals surface area contributed by atoms with Crippen LogP contribution < -0.4 is 0 Å². The second-order valence-electron chi connectivity index (χ2n) is 3.43. The third-order valence-electron chi connectivity index (χ3n) is 2.17. The van der Waals surface area contributed by atoms with E-state index in [4.69, 9.17) is 0 Å². The molecule has 0 aliphatic rings. The van der Waals surface area contributed by atoms with Gasteiger partial charge >= 0.3 is 0 Å². The average molecular weight is 212 g/mol. The fraction of sp³-hybridized carbons (Fsp3) is 0.0667. The molecule has 1 N–H and O–H groups in total. The van der Waals surface area contributed by atoms with E-state index in [0.29, 0.717) is 0 Å². The van der Waals surface area contributed by atoms with Gasteiger partial charge in [-0.25, -0.2) is 0 Å². The first-order valence-electron chi connectivity index (χ1n) is 5.11. The topological polar surface area (TPSA) is 20.2 Å². The minimum Gasteiger partial charge on any atom is -0.378 e. The Bertz CT molecular complexity index is 401. The van der Waals surface area contributed by atoms with Gasteiger partial charge in [0.05, 0.1) is 0 Å². The van der Waals surface area contributed by atoms with Gasteiger partial charge in [0, 0.05) is 0 Å². The van der Waals surface area contributed by atoms with Crippen LogP contribution in [0.2, 0.25) is 0 Å². The molecule has 1 aromatic carbocycles. The lowest BCUT2D eigenvalue weighted by Gasteiger charge is -2.14. The van der Waals surface area contributed by atoms with Crippen LogP contribution in [-0.2, 0) is 0 Å². The zero-order chi connectivity index (χ0) is 11.9. The molecule has 0 spiro atoms. The maximum Gasteiger partial charge on any atom is 0.120 e. The van der Waals surface area contributed by atoms with Crippen molar-refractivity contribution in [1.29, 1.82) is 0 Å². The smallest absolute Gasteiger partial charge is 0.120 e. The third-order valence-corrected chi connectivity index (χ3v) is 2.17. The molecular weight excluding hydrogens is 196 g/mol. The Labute approximate surface area is 96.8 Å². The van der Waals surface area contributed by atoms with E-state index in [-0.39, 0.29) is 0 Å². The average Bonchev–Trinajstić information content (AvgIpc) is 2.35. The van der Waals surface area contributed by atoms with Gasteiger partial charge in [0.15, 0.2) is 0 Å². The van der Waals surface area contributed by atoms with Crippen LogP contribution in [0, 0.1) is 0 Å². The number of benzene rings is 1. The molecule has 0 saturated heterocycles. The van der Waals surface area contributed by atoms with E-state index >= 15 is 0 Å². The fourth-order valence-electron chi connectivity index (χ4n) is 1.21. The first-order valence-corrected chi connectivity index (χ1v) is 5.11. The summed E-state index contributed by atoms with van der Waals surface area (Å²) in [5, 5.41) is 10.1. The quantitative estimate of drug-likeness (QED) is 0.586. The Hall–Kier alpha value is -1.86. The monoisotopic (exact) mass is 212 g/mol. The lowest BCUT2D eigenvalue weighted by Crippen LogP contribution is -2.18. The standard InChI is InChI=1S/C15H16O/c1-3-5-12-15(16,4-2)13-11-14-9-7-6-8-10-14/h3-13,16H,1-2H2. The number of hydrogen-bond donors (Lipinski definition) is 1. The van der Waals surface area contributed by atoms with Crippen LogP contribution in [0.25, 0.3) is 6.08 Å². The molecule has 1 atom stereocenters. The van der Waals surface area contributed by atoms with Crippen molar-refractivity contribution < 1.29 is 5.11 Å². The molecule has 82 valence electrons. The summed E-state index contributed by atoms with van der Waals surface area (Å²) in [5.74, 6) is 0. The van der Waals surface area contributed by atoms with Gasteiger partial charge in [-0.05, 0) is 17.7 Å². The summed E-state index contributed by atoms with van der Waals surface area (Å²) < 4.78 is 0. The molecule has 0 saturated carbocycles. The zero-order valence-corrected chi connectivity index (χ0v) is 9.21. The van der Waals surface area contributed by atoms with Crippen molar-refractivity contribution in [1.82, 2.24) is 0 Å². The summed E-state index contributed by atoms with van der Waals surface area (Å²) >= 11 is 0. The molecule has 0 fully saturated rings. The van der Waals surface area contributed by atoms with E-state index in [1.54, 1.807) is 24.3 Å². The van der Waals surface area contributed by atoms with Gasteiger partial charge in [0.2, 0.25) is 0 Å². The van der Waals surface area contributed by atoms with Crippen LogP contribution in [0.1, 0.15) is 5.56 Å². The summed E-state index contributed by atoms with van der Waals surface area (Å²) in [7, 11) is 0. The predicted molar refractivity (Wildman–Crippen MR) is 70.0 cm³/mol. The van der Waals surface area contributed by atoms with E-state index in [1.807, 2.05) is 36.4 Å². The normalized spacial score (nSPS) is 15.1. The fourth-order valence-corrected chi connectivity index (χ4v) is 1.21. The molecule has 0 aromatic heterocycles. The number of rotatable bonds is 5. The zero-order valence-electron chi connectivity index (χ0n) is 9.21. The molecule has 0 bridgehead atoms. The molecule has 1 rings (SSSR count). The SMILES string of the molecule is C=CC=CC(O)(C=C)C=Cc1ccccc1. The van der Waals surface area contributed by atoms with Crippen LogP contribution in [0.5, 0.6) is 0 Å². The van der Waals surface area contributed by atoms with Gasteiger partial charge in [-0.2, -0.15) is 0 Å². The van der Waals surface area contributed by atoms with Crippen LogP contribution in [0.4, 0.5) is 0 Å². The van der Waals surface area contributed by atoms with Crippen LogP contribution in [-0.4, -0.2) is 10.7 Å². The second kappa shape index (κ2) is 5.89. The van der Waals surface area contributed by atoms with E-state index in [0.717, 1.165) is 5.56 Å². The van der Waals surface area contributed by atoms with Crippen molar-refractivity contribution in [2.45, 2.75) is 5.60 Å². The Balaban J connectivity index is 2.85. The molecule has 0 amide bonds. The minimum atomic E-state index is -1.12. The van der Waals surface area contributed by atoms with Gasteiger partial charge < -0.3 is 5.11 Å². The van der Waals surface area contributed by atoms with Crippen molar-refractivity contribution >= 4 is 6.08 Å². The molecule has 0 heterocycles. The highest BCUT2D eigenvalue weighted by Crippen LogP contribution is 2.13. The highest BCUT2D eigenvalue weighted by atomic mass is 16.3. The third kappa shape index (κ3) is 3.71. The molecule has 1 aromatic rings. The van der Waals surface area contributed by atoms with Crippen molar-refractivity contribution in [2.24, 2.45) is 0 Å². The van der Waals surface area contributed by atoms with Gasteiger partial charge in [-0.1, -0.05) is 67.8 Å². The van der Waals surface area contributed by atoms with Gasteiger partial charge in [0.25, 0.3) is 0 Å². The van der Waals surface area contributed by atoms with Crippen LogP contribution >= 0.6 is 0 Å². The Kier molecular flexibility index (Phi) is 4.49. The Morgan fingerprint density at radius 3 is 2.31 bits per heavy atom. The first-order chi connectivity index (χ1) is 7.70. The summed E-state index contributed by atoms with van der Waals surface area (Å²) in [6, 6.07) is 9.79. The van der Waals surface area contributed by atoms with E-state index in [2.05, 4.69) is 13.2 Å². The van der Waals surface area contributed by atoms with E-state index in [1.165, 1.54) is 6.08 Å². The van der Waals surface area contributed by atoms with Crippen LogP contribution in [0.3, 0.4) is 0 Å². The lowest BCUT2D eigenvalue weighted by atomic mass is 10.0.